The Kier molecular flexibility index (Phi) is 4.97. The Bertz CT molecular complexity index is 993. The number of carbonyl (C=O) groups excluding carboxylic acids is 3. The molecule has 1 N–H and O–H groups in total. The van der Waals surface area contributed by atoms with Crippen LogP contribution in [0.3, 0.4) is 0 Å². The number of hydrogen-bond donors (Lipinski definition) is 1. The van der Waals surface area contributed by atoms with Gasteiger partial charge in [0.1, 0.15) is 17.9 Å². The summed E-state index contributed by atoms with van der Waals surface area (Å²) in [4.78, 5) is 41.8. The molecule has 1 aromatic heterocycles. The van der Waals surface area contributed by atoms with Crippen LogP contribution in [0.1, 0.15) is 29.0 Å². The van der Waals surface area contributed by atoms with E-state index in [1.807, 2.05) is 0 Å². The average molecular weight is 427 g/mol. The van der Waals surface area contributed by atoms with Gasteiger partial charge < -0.3 is 24.3 Å². The van der Waals surface area contributed by atoms with E-state index in [-0.39, 0.29) is 36.1 Å². The highest BCUT2D eigenvalue weighted by Gasteiger charge is 2.55. The average Bonchev–Trinajstić information content (AvgIpc) is 3.51. The number of carbonyl (C=O) groups is 3. The number of nitrogens with zero attached hydrogens (tertiary/aromatic N) is 2. The predicted octanol–water partition coefficient (Wildman–Crippen LogP) is 1.32. The lowest BCUT2D eigenvalue weighted by atomic mass is 10.0. The molecular formula is C22H22FN3O5. The second-order valence-corrected chi connectivity index (χ2v) is 8.12. The number of ether oxygens (including phenoxy) is 1. The van der Waals surface area contributed by atoms with E-state index in [2.05, 4.69) is 5.32 Å². The number of halogens is 1. The minimum absolute atomic E-state index is 0.104. The molecule has 0 spiro atoms. The largest absolute Gasteiger partial charge is 0.459 e. The minimum Gasteiger partial charge on any atom is -0.459 e. The van der Waals surface area contributed by atoms with Gasteiger partial charge in [-0.2, -0.15) is 0 Å². The molecule has 4 atom stereocenters. The van der Waals surface area contributed by atoms with Crippen LogP contribution in [-0.4, -0.2) is 64.8 Å². The molecule has 8 nitrogen and oxygen atoms in total. The summed E-state index contributed by atoms with van der Waals surface area (Å²) in [7, 11) is 0. The van der Waals surface area contributed by atoms with Gasteiger partial charge in [-0.25, -0.2) is 4.39 Å². The maximum atomic E-state index is 13.2. The van der Waals surface area contributed by atoms with Crippen molar-refractivity contribution in [3.8, 4) is 0 Å². The molecule has 9 heteroatoms. The second-order valence-electron chi connectivity index (χ2n) is 8.12. The van der Waals surface area contributed by atoms with Gasteiger partial charge in [-0.15, -0.1) is 0 Å². The topological polar surface area (TPSA) is 92.1 Å². The number of nitrogens with one attached hydrogen (secondary N) is 1. The van der Waals surface area contributed by atoms with Crippen molar-refractivity contribution < 1.29 is 27.9 Å². The first-order valence-electron chi connectivity index (χ1n) is 10.3. The molecular weight excluding hydrogens is 405 g/mol. The normalized spacial score (nSPS) is 27.4. The van der Waals surface area contributed by atoms with Gasteiger partial charge in [0.15, 0.2) is 5.76 Å². The van der Waals surface area contributed by atoms with E-state index in [0.717, 1.165) is 5.56 Å². The van der Waals surface area contributed by atoms with Crippen LogP contribution < -0.4 is 5.32 Å². The third-order valence-corrected chi connectivity index (χ3v) is 6.23. The lowest BCUT2D eigenvalue weighted by Crippen LogP contribution is -2.64. The van der Waals surface area contributed by atoms with Gasteiger partial charge in [0.2, 0.25) is 11.8 Å². The van der Waals surface area contributed by atoms with Crippen molar-refractivity contribution in [3.63, 3.8) is 0 Å². The first-order chi connectivity index (χ1) is 15.0. The van der Waals surface area contributed by atoms with E-state index in [0.29, 0.717) is 25.9 Å². The highest BCUT2D eigenvalue weighted by Crippen LogP contribution is 2.33. The molecule has 4 heterocycles. The van der Waals surface area contributed by atoms with Crippen molar-refractivity contribution in [2.45, 2.75) is 43.7 Å². The van der Waals surface area contributed by atoms with Crippen LogP contribution in [0.4, 0.5) is 4.39 Å². The molecule has 31 heavy (non-hydrogen) atoms. The fraction of sp³-hybridized carbons (Fsp3) is 0.409. The highest BCUT2D eigenvalue weighted by molar-refractivity contribution is 5.99. The standard InChI is InChI=1S/C22H22FN3O5/c23-14-5-3-13(4-6-14)12-31-15-10-17-21(28)25-8-7-16(19(25)22(29)26(17)11-15)24-20(27)18-2-1-9-30-18/h1-6,9,15-17,19H,7-8,10-12H2,(H,24,27). The van der Waals surface area contributed by atoms with Crippen molar-refractivity contribution in [1.29, 1.82) is 0 Å². The zero-order chi connectivity index (χ0) is 21.5. The molecule has 5 rings (SSSR count). The summed E-state index contributed by atoms with van der Waals surface area (Å²) in [5.74, 6) is -0.818. The van der Waals surface area contributed by atoms with Crippen LogP contribution >= 0.6 is 0 Å². The van der Waals surface area contributed by atoms with Crippen molar-refractivity contribution in [1.82, 2.24) is 15.1 Å². The number of fused-ring (bicyclic) bond motifs is 2. The summed E-state index contributed by atoms with van der Waals surface area (Å²) >= 11 is 0. The Morgan fingerprint density at radius 3 is 2.71 bits per heavy atom. The van der Waals surface area contributed by atoms with Crippen LogP contribution in [0.15, 0.2) is 47.1 Å². The number of rotatable bonds is 5. The summed E-state index contributed by atoms with van der Waals surface area (Å²) in [6.07, 6.45) is 2.07. The van der Waals surface area contributed by atoms with E-state index in [1.54, 1.807) is 34.1 Å². The molecule has 0 saturated carbocycles. The molecule has 4 unspecified atom stereocenters. The maximum absolute atomic E-state index is 13.2. The van der Waals surface area contributed by atoms with Gasteiger partial charge >= 0.3 is 0 Å². The van der Waals surface area contributed by atoms with E-state index in [9.17, 15) is 18.8 Å². The zero-order valence-electron chi connectivity index (χ0n) is 16.7. The van der Waals surface area contributed by atoms with Crippen LogP contribution in [0.25, 0.3) is 0 Å². The molecule has 0 radical (unpaired) electrons. The number of hydrogen-bond acceptors (Lipinski definition) is 5. The van der Waals surface area contributed by atoms with Crippen molar-refractivity contribution in [3.05, 3.63) is 59.8 Å². The molecule has 3 aliphatic rings. The molecule has 1 aromatic carbocycles. The molecule has 3 fully saturated rings. The van der Waals surface area contributed by atoms with Crippen LogP contribution in [-0.2, 0) is 20.9 Å². The predicted molar refractivity (Wildman–Crippen MR) is 105 cm³/mol. The van der Waals surface area contributed by atoms with Gasteiger partial charge in [-0.1, -0.05) is 12.1 Å². The lowest BCUT2D eigenvalue weighted by molar-refractivity contribution is -0.157. The van der Waals surface area contributed by atoms with E-state index < -0.39 is 24.0 Å². The van der Waals surface area contributed by atoms with Crippen molar-refractivity contribution in [2.24, 2.45) is 0 Å². The number of piperazine rings is 1. The molecule has 0 aliphatic carbocycles. The SMILES string of the molecule is O=C(NC1CCN2C(=O)C3CC(OCc4ccc(F)cc4)CN3C(=O)C12)c1ccco1. The minimum atomic E-state index is -0.710. The third-order valence-electron chi connectivity index (χ3n) is 6.23. The van der Waals surface area contributed by atoms with E-state index in [4.69, 9.17) is 9.15 Å². The molecule has 0 bridgehead atoms. The molecule has 3 saturated heterocycles. The summed E-state index contributed by atoms with van der Waals surface area (Å²) in [6.45, 7) is 1.02. The molecule has 3 amide bonds. The van der Waals surface area contributed by atoms with Gasteiger partial charge in [-0.3, -0.25) is 14.4 Å². The van der Waals surface area contributed by atoms with Crippen molar-refractivity contribution >= 4 is 17.7 Å². The van der Waals surface area contributed by atoms with Gasteiger partial charge in [0.05, 0.1) is 25.0 Å². The second kappa shape index (κ2) is 7.81. The summed E-state index contributed by atoms with van der Waals surface area (Å²) in [5, 5.41) is 2.84. The Labute approximate surface area is 177 Å². The fourth-order valence-corrected chi connectivity index (χ4v) is 4.70. The Hall–Kier alpha value is -3.20. The number of amides is 3. The van der Waals surface area contributed by atoms with E-state index >= 15 is 0 Å². The molecule has 3 aliphatic heterocycles. The first kappa shape index (κ1) is 19.7. The third kappa shape index (κ3) is 3.59. The smallest absolute Gasteiger partial charge is 0.287 e. The Balaban J connectivity index is 1.25. The van der Waals surface area contributed by atoms with Crippen molar-refractivity contribution in [2.75, 3.05) is 13.1 Å². The summed E-state index contributed by atoms with van der Waals surface area (Å²) in [6, 6.07) is 7.49. The Morgan fingerprint density at radius 1 is 1.16 bits per heavy atom. The molecule has 162 valence electrons. The first-order valence-corrected chi connectivity index (χ1v) is 10.3. The quantitative estimate of drug-likeness (QED) is 0.777. The van der Waals surface area contributed by atoms with Crippen LogP contribution in [0, 0.1) is 5.82 Å². The van der Waals surface area contributed by atoms with Gasteiger partial charge in [0, 0.05) is 19.5 Å². The molecule has 2 aromatic rings. The van der Waals surface area contributed by atoms with Gasteiger partial charge in [0.25, 0.3) is 5.91 Å². The summed E-state index contributed by atoms with van der Waals surface area (Å²) < 4.78 is 24.1. The lowest BCUT2D eigenvalue weighted by Gasteiger charge is -2.40. The number of furan rings is 1. The monoisotopic (exact) mass is 427 g/mol. The maximum Gasteiger partial charge on any atom is 0.287 e. The van der Waals surface area contributed by atoms with Crippen LogP contribution in [0.5, 0.6) is 0 Å². The van der Waals surface area contributed by atoms with Gasteiger partial charge in [-0.05, 0) is 36.2 Å². The highest BCUT2D eigenvalue weighted by atomic mass is 19.1. The Morgan fingerprint density at radius 2 is 1.97 bits per heavy atom. The fourth-order valence-electron chi connectivity index (χ4n) is 4.70. The van der Waals surface area contributed by atoms with Crippen LogP contribution in [0.2, 0.25) is 0 Å². The number of benzene rings is 1. The zero-order valence-corrected chi connectivity index (χ0v) is 16.7. The summed E-state index contributed by atoms with van der Waals surface area (Å²) in [5.41, 5.74) is 0.824. The van der Waals surface area contributed by atoms with E-state index in [1.165, 1.54) is 18.4 Å².